The number of nitrogens with one attached hydrogen (secondary N) is 2. The fraction of sp³-hybridized carbons (Fsp3) is 0.333. The largest absolute Gasteiger partial charge is 0.493 e. The lowest BCUT2D eigenvalue weighted by atomic mass is 10.0. The van der Waals surface area contributed by atoms with Crippen LogP contribution in [-0.4, -0.2) is 44.1 Å². The Balaban J connectivity index is 1.31. The molecule has 36 heavy (non-hydrogen) atoms. The number of imidazole rings is 1. The van der Waals surface area contributed by atoms with Gasteiger partial charge in [0.25, 0.3) is 5.91 Å². The Morgan fingerprint density at radius 1 is 1.19 bits per heavy atom. The molecule has 1 fully saturated rings. The molecule has 2 aromatic carbocycles. The van der Waals surface area contributed by atoms with Gasteiger partial charge in [0, 0.05) is 34.7 Å². The van der Waals surface area contributed by atoms with Crippen molar-refractivity contribution in [1.29, 1.82) is 0 Å². The highest BCUT2D eigenvalue weighted by atomic mass is 35.5. The topological polar surface area (TPSA) is 95.3 Å². The first-order valence-electron chi connectivity index (χ1n) is 12.2. The Morgan fingerprint density at radius 2 is 1.94 bits per heavy atom. The first-order valence-corrected chi connectivity index (χ1v) is 12.6. The lowest BCUT2D eigenvalue weighted by molar-refractivity contribution is 0.0928. The zero-order valence-corrected chi connectivity index (χ0v) is 21.0. The van der Waals surface area contributed by atoms with E-state index in [1.807, 2.05) is 24.3 Å². The summed E-state index contributed by atoms with van der Waals surface area (Å²) in [5.74, 6) is -0.401. The van der Waals surface area contributed by atoms with Crippen molar-refractivity contribution in [3.8, 4) is 11.6 Å². The molecule has 4 aromatic rings. The molecule has 0 unspecified atom stereocenters. The van der Waals surface area contributed by atoms with Crippen LogP contribution in [0.2, 0.25) is 5.02 Å². The molecule has 3 heterocycles. The predicted octanol–water partition coefficient (Wildman–Crippen LogP) is 4.29. The van der Waals surface area contributed by atoms with Crippen molar-refractivity contribution in [3.05, 3.63) is 81.0 Å². The molecule has 3 N–H and O–H groups in total. The maximum absolute atomic E-state index is 13.3. The maximum Gasteiger partial charge on any atom is 0.335 e. The standard InChI is InChI=1S/C27H28ClN5O3/c1-31(2)27(11-12-27)17-6-8-18(9-7-17)33-25(35)23-21(4-3-13-32(23)26(33)36)30-24(34)16-5-10-19-20(28)15-29-22(19)14-16/h5-10,14-15,21,29,35H,3-4,11-13H2,1-2H3,(H,30,34)/t21-/m1/s1. The first-order chi connectivity index (χ1) is 17.3. The van der Waals surface area contributed by atoms with E-state index in [0.29, 0.717) is 34.9 Å². The molecule has 0 bridgehead atoms. The summed E-state index contributed by atoms with van der Waals surface area (Å²) in [7, 11) is 4.16. The molecule has 0 saturated heterocycles. The molecule has 9 heteroatoms. The number of rotatable bonds is 5. The third-order valence-electron chi connectivity index (χ3n) is 7.80. The highest BCUT2D eigenvalue weighted by Crippen LogP contribution is 2.49. The van der Waals surface area contributed by atoms with E-state index >= 15 is 0 Å². The molecular weight excluding hydrogens is 478 g/mol. The summed E-state index contributed by atoms with van der Waals surface area (Å²) in [6.45, 7) is 0.496. The van der Waals surface area contributed by atoms with E-state index in [4.69, 9.17) is 11.6 Å². The number of fused-ring (bicyclic) bond motifs is 2. The fourth-order valence-electron chi connectivity index (χ4n) is 5.58. The number of carbonyl (C=O) groups is 1. The molecule has 2 aliphatic rings. The molecule has 0 spiro atoms. The second-order valence-corrected chi connectivity index (χ2v) is 10.4. The van der Waals surface area contributed by atoms with Gasteiger partial charge in [-0.15, -0.1) is 0 Å². The average molecular weight is 506 g/mol. The van der Waals surface area contributed by atoms with E-state index in [2.05, 4.69) is 29.3 Å². The number of aromatic hydroxyl groups is 1. The van der Waals surface area contributed by atoms with E-state index < -0.39 is 6.04 Å². The number of nitrogens with zero attached hydrogens (tertiary/aromatic N) is 3. The molecule has 1 atom stereocenters. The monoisotopic (exact) mass is 505 g/mol. The van der Waals surface area contributed by atoms with Crippen LogP contribution < -0.4 is 11.0 Å². The van der Waals surface area contributed by atoms with Crippen molar-refractivity contribution in [2.24, 2.45) is 0 Å². The molecule has 8 nitrogen and oxygen atoms in total. The first kappa shape index (κ1) is 22.9. The Hall–Kier alpha value is -3.49. The number of aromatic amines is 1. The second kappa shape index (κ2) is 8.28. The Labute approximate surface area is 213 Å². The van der Waals surface area contributed by atoms with Crippen molar-refractivity contribution in [2.75, 3.05) is 14.1 Å². The van der Waals surface area contributed by atoms with Gasteiger partial charge in [-0.25, -0.2) is 9.36 Å². The van der Waals surface area contributed by atoms with Crippen molar-refractivity contribution in [2.45, 2.75) is 43.8 Å². The van der Waals surface area contributed by atoms with Crippen LogP contribution in [0.1, 0.15) is 53.3 Å². The minimum atomic E-state index is -0.481. The molecule has 2 aromatic heterocycles. The summed E-state index contributed by atoms with van der Waals surface area (Å²) in [6, 6.07) is 12.6. The lowest BCUT2D eigenvalue weighted by Crippen LogP contribution is -2.35. The van der Waals surface area contributed by atoms with Crippen LogP contribution in [0.5, 0.6) is 5.88 Å². The summed E-state index contributed by atoms with van der Waals surface area (Å²) in [6.07, 6.45) is 5.25. The number of carbonyl (C=O) groups excluding carboxylic acids is 1. The van der Waals surface area contributed by atoms with Gasteiger partial charge in [0.05, 0.1) is 16.8 Å². The van der Waals surface area contributed by atoms with Crippen molar-refractivity contribution in [1.82, 2.24) is 24.3 Å². The molecule has 1 aliphatic carbocycles. The van der Waals surface area contributed by atoms with Gasteiger partial charge in [0.15, 0.2) is 0 Å². The molecule has 1 saturated carbocycles. The number of hydrogen-bond acceptors (Lipinski definition) is 4. The van der Waals surface area contributed by atoms with Crippen LogP contribution in [-0.2, 0) is 12.1 Å². The van der Waals surface area contributed by atoms with E-state index in [-0.39, 0.29) is 23.0 Å². The molecule has 1 aliphatic heterocycles. The van der Waals surface area contributed by atoms with Crippen molar-refractivity contribution < 1.29 is 9.90 Å². The maximum atomic E-state index is 13.3. The predicted molar refractivity (Wildman–Crippen MR) is 139 cm³/mol. The SMILES string of the molecule is CN(C)C1(c2ccc(-n3c(O)c4n(c3=O)CCC[C@H]4NC(=O)c3ccc4c(Cl)c[nH]c4c3)cc2)CC1. The highest BCUT2D eigenvalue weighted by Gasteiger charge is 2.46. The van der Waals surface area contributed by atoms with E-state index in [1.54, 1.807) is 29.0 Å². The van der Waals surface area contributed by atoms with Gasteiger partial charge in [-0.05, 0) is 69.6 Å². The van der Waals surface area contributed by atoms with Crippen LogP contribution in [0.4, 0.5) is 0 Å². The van der Waals surface area contributed by atoms with Gasteiger partial charge in [0.2, 0.25) is 5.88 Å². The summed E-state index contributed by atoms with van der Waals surface area (Å²) >= 11 is 6.15. The Morgan fingerprint density at radius 3 is 2.64 bits per heavy atom. The normalized spacial score (nSPS) is 18.4. The van der Waals surface area contributed by atoms with Crippen molar-refractivity contribution in [3.63, 3.8) is 0 Å². The van der Waals surface area contributed by atoms with E-state index in [9.17, 15) is 14.7 Å². The molecule has 186 valence electrons. The number of halogens is 1. The summed E-state index contributed by atoms with van der Waals surface area (Å²) < 4.78 is 2.92. The molecule has 1 amide bonds. The van der Waals surface area contributed by atoms with Gasteiger partial charge in [-0.1, -0.05) is 29.8 Å². The van der Waals surface area contributed by atoms with Gasteiger partial charge < -0.3 is 15.4 Å². The number of benzene rings is 2. The zero-order chi connectivity index (χ0) is 25.2. The molecule has 0 radical (unpaired) electrons. The zero-order valence-electron chi connectivity index (χ0n) is 20.2. The van der Waals surface area contributed by atoms with Crippen LogP contribution in [0.3, 0.4) is 0 Å². The molecule has 6 rings (SSSR count). The van der Waals surface area contributed by atoms with Crippen LogP contribution in [0.15, 0.2) is 53.5 Å². The van der Waals surface area contributed by atoms with Gasteiger partial charge in [-0.2, -0.15) is 0 Å². The van der Waals surface area contributed by atoms with Crippen LogP contribution >= 0.6 is 11.6 Å². The molecular formula is C27H28ClN5O3. The van der Waals surface area contributed by atoms with Gasteiger partial charge in [0.1, 0.15) is 5.69 Å². The van der Waals surface area contributed by atoms with Gasteiger partial charge in [-0.3, -0.25) is 14.3 Å². The van der Waals surface area contributed by atoms with E-state index in [0.717, 1.165) is 30.2 Å². The Kier molecular flexibility index (Phi) is 5.28. The summed E-state index contributed by atoms with van der Waals surface area (Å²) in [5, 5.41) is 15.7. The number of hydrogen-bond donors (Lipinski definition) is 3. The smallest absolute Gasteiger partial charge is 0.335 e. The summed E-state index contributed by atoms with van der Waals surface area (Å²) in [5.41, 5.74) is 3.27. The minimum absolute atomic E-state index is 0.0649. The van der Waals surface area contributed by atoms with E-state index in [1.165, 1.54) is 10.1 Å². The minimum Gasteiger partial charge on any atom is -0.493 e. The number of amides is 1. The third kappa shape index (κ3) is 3.47. The highest BCUT2D eigenvalue weighted by molar-refractivity contribution is 6.35. The number of aromatic nitrogens is 3. The van der Waals surface area contributed by atoms with Gasteiger partial charge >= 0.3 is 5.69 Å². The van der Waals surface area contributed by atoms with Crippen LogP contribution in [0, 0.1) is 0 Å². The fourth-order valence-corrected chi connectivity index (χ4v) is 5.80. The lowest BCUT2D eigenvalue weighted by Gasteiger charge is -2.24. The van der Waals surface area contributed by atoms with Crippen LogP contribution in [0.25, 0.3) is 16.6 Å². The summed E-state index contributed by atoms with van der Waals surface area (Å²) in [4.78, 5) is 31.7. The Bertz CT molecular complexity index is 1540. The van der Waals surface area contributed by atoms with Crippen molar-refractivity contribution >= 4 is 28.4 Å². The average Bonchev–Trinajstić information content (AvgIpc) is 3.56. The quantitative estimate of drug-likeness (QED) is 0.377. The second-order valence-electron chi connectivity index (χ2n) is 10.0. The number of H-pyrrole nitrogens is 1. The third-order valence-corrected chi connectivity index (χ3v) is 8.11.